The lowest BCUT2D eigenvalue weighted by Crippen LogP contribution is -2.29. The molecule has 25 heavy (non-hydrogen) atoms. The fourth-order valence-electron chi connectivity index (χ4n) is 2.77. The number of carbonyl (C=O) groups excluding carboxylic acids is 2. The van der Waals surface area contributed by atoms with Gasteiger partial charge < -0.3 is 24.7 Å². The Labute approximate surface area is 146 Å². The lowest BCUT2D eigenvalue weighted by atomic mass is 10.0. The van der Waals surface area contributed by atoms with Gasteiger partial charge in [0.15, 0.2) is 0 Å². The molecular weight excluding hydrogens is 324 g/mol. The molecule has 0 aromatic rings. The monoisotopic (exact) mass is 348 g/mol. The van der Waals surface area contributed by atoms with Gasteiger partial charge in [0, 0.05) is 58.4 Å². The third kappa shape index (κ3) is 3.78. The zero-order valence-electron chi connectivity index (χ0n) is 14.7. The number of allylic oxidation sites excluding steroid dienone is 1. The first-order valence-electron chi connectivity index (χ1n) is 8.75. The molecule has 0 aromatic heterocycles. The molecular formula is C17H24N4O4. The number of carbonyl (C=O) groups is 3. The molecule has 3 aliphatic heterocycles. The fraction of sp³-hybridized carbons (Fsp3) is 0.588. The second kappa shape index (κ2) is 6.78. The second-order valence-corrected chi connectivity index (χ2v) is 6.34. The minimum Gasteiger partial charge on any atom is -0.465 e. The Kier molecular flexibility index (Phi) is 4.69. The summed E-state index contributed by atoms with van der Waals surface area (Å²) in [6.07, 6.45) is 0.686. The number of nitrogens with zero attached hydrogens (tertiary/aromatic N) is 4. The molecule has 0 unspecified atom stereocenters. The zero-order valence-corrected chi connectivity index (χ0v) is 14.7. The van der Waals surface area contributed by atoms with Crippen LogP contribution in [-0.4, -0.2) is 94.7 Å². The van der Waals surface area contributed by atoms with Gasteiger partial charge in [0.05, 0.1) is 5.70 Å². The van der Waals surface area contributed by atoms with Crippen molar-refractivity contribution in [3.63, 3.8) is 0 Å². The van der Waals surface area contributed by atoms with E-state index in [1.807, 2.05) is 28.5 Å². The SMILES string of the molecule is CCN(CC)C(=O)O.O=C1C=C(N2CC2)C(=O)C(N2CC2)=C1N1CC1. The molecule has 0 radical (unpaired) electrons. The van der Waals surface area contributed by atoms with Crippen molar-refractivity contribution in [1.29, 1.82) is 0 Å². The predicted octanol–water partition coefficient (Wildman–Crippen LogP) is 0.187. The van der Waals surface area contributed by atoms with Crippen LogP contribution in [0, 0.1) is 0 Å². The molecule has 8 nitrogen and oxygen atoms in total. The molecule has 0 bridgehead atoms. The van der Waals surface area contributed by atoms with Gasteiger partial charge in [0.25, 0.3) is 0 Å². The molecule has 0 aromatic carbocycles. The van der Waals surface area contributed by atoms with Crippen molar-refractivity contribution < 1.29 is 19.5 Å². The van der Waals surface area contributed by atoms with E-state index in [4.69, 9.17) is 5.11 Å². The highest BCUT2D eigenvalue weighted by atomic mass is 16.4. The summed E-state index contributed by atoms with van der Waals surface area (Å²) in [4.78, 5) is 41.9. The van der Waals surface area contributed by atoms with Crippen molar-refractivity contribution in [3.05, 3.63) is 23.2 Å². The van der Waals surface area contributed by atoms with Crippen LogP contribution in [0.25, 0.3) is 0 Å². The van der Waals surface area contributed by atoms with E-state index in [2.05, 4.69) is 0 Å². The lowest BCUT2D eigenvalue weighted by molar-refractivity contribution is -0.117. The van der Waals surface area contributed by atoms with Gasteiger partial charge >= 0.3 is 6.09 Å². The van der Waals surface area contributed by atoms with Gasteiger partial charge in [-0.15, -0.1) is 0 Å². The van der Waals surface area contributed by atoms with Crippen molar-refractivity contribution in [2.24, 2.45) is 0 Å². The quantitative estimate of drug-likeness (QED) is 0.561. The Hall–Kier alpha value is -2.51. The Morgan fingerprint density at radius 3 is 1.80 bits per heavy atom. The van der Waals surface area contributed by atoms with Gasteiger partial charge in [-0.25, -0.2) is 4.79 Å². The maximum atomic E-state index is 12.4. The average molecular weight is 348 g/mol. The second-order valence-electron chi connectivity index (χ2n) is 6.34. The van der Waals surface area contributed by atoms with E-state index < -0.39 is 6.09 Å². The average Bonchev–Trinajstić information content (AvgIpc) is 3.41. The molecule has 0 atom stereocenters. The highest BCUT2D eigenvalue weighted by molar-refractivity contribution is 6.22. The third-order valence-electron chi connectivity index (χ3n) is 4.52. The van der Waals surface area contributed by atoms with Crippen molar-refractivity contribution >= 4 is 17.7 Å². The minimum absolute atomic E-state index is 0.00546. The first-order chi connectivity index (χ1) is 12.0. The van der Waals surface area contributed by atoms with Crippen LogP contribution in [0.5, 0.6) is 0 Å². The number of Topliss-reactive ketones (excluding diaryl/α,β-unsaturated/α-hetero) is 1. The molecule has 1 aliphatic carbocycles. The Balaban J connectivity index is 0.000000197. The Morgan fingerprint density at radius 2 is 1.44 bits per heavy atom. The highest BCUT2D eigenvalue weighted by Crippen LogP contribution is 2.33. The molecule has 4 aliphatic rings. The normalized spacial score (nSPS) is 20.9. The van der Waals surface area contributed by atoms with Crippen LogP contribution in [-0.2, 0) is 9.59 Å². The van der Waals surface area contributed by atoms with Crippen molar-refractivity contribution in [3.8, 4) is 0 Å². The fourth-order valence-corrected chi connectivity index (χ4v) is 2.77. The van der Waals surface area contributed by atoms with E-state index in [1.54, 1.807) is 0 Å². The molecule has 1 N–H and O–H groups in total. The van der Waals surface area contributed by atoms with Crippen LogP contribution in [0.2, 0.25) is 0 Å². The lowest BCUT2D eigenvalue weighted by Gasteiger charge is -2.21. The standard InChI is InChI=1S/C12H13N3O2.C5H11NO2/c16-9-7-8(13-1-2-13)12(17)11(15-5-6-15)10(9)14-3-4-14;1-3-6(4-2)5(7)8/h7H,1-6H2;3-4H2,1-2H3,(H,7,8). The van der Waals surface area contributed by atoms with Gasteiger partial charge in [0.1, 0.15) is 11.4 Å². The maximum Gasteiger partial charge on any atom is 0.407 e. The Morgan fingerprint density at radius 1 is 0.960 bits per heavy atom. The van der Waals surface area contributed by atoms with Crippen LogP contribution in [0.3, 0.4) is 0 Å². The van der Waals surface area contributed by atoms with Gasteiger partial charge in [-0.3, -0.25) is 9.59 Å². The topological polar surface area (TPSA) is 83.7 Å². The smallest absolute Gasteiger partial charge is 0.407 e. The van der Waals surface area contributed by atoms with Gasteiger partial charge in [-0.1, -0.05) is 0 Å². The van der Waals surface area contributed by atoms with E-state index in [1.165, 1.54) is 11.0 Å². The highest BCUT2D eigenvalue weighted by Gasteiger charge is 2.43. The van der Waals surface area contributed by atoms with Crippen molar-refractivity contribution in [2.75, 3.05) is 52.4 Å². The maximum absolute atomic E-state index is 12.4. The molecule has 4 rings (SSSR count). The van der Waals surface area contributed by atoms with Crippen molar-refractivity contribution in [2.45, 2.75) is 13.8 Å². The number of rotatable bonds is 5. The molecule has 3 fully saturated rings. The molecule has 3 heterocycles. The molecule has 0 spiro atoms. The molecule has 0 saturated carbocycles. The summed E-state index contributed by atoms with van der Waals surface area (Å²) < 4.78 is 0. The number of hydrogen-bond acceptors (Lipinski definition) is 6. The summed E-state index contributed by atoms with van der Waals surface area (Å²) >= 11 is 0. The van der Waals surface area contributed by atoms with E-state index in [-0.39, 0.29) is 11.6 Å². The van der Waals surface area contributed by atoms with Crippen LogP contribution in [0.15, 0.2) is 23.2 Å². The van der Waals surface area contributed by atoms with E-state index in [9.17, 15) is 14.4 Å². The predicted molar refractivity (Wildman–Crippen MR) is 90.8 cm³/mol. The molecule has 1 amide bonds. The first kappa shape index (κ1) is 17.3. The van der Waals surface area contributed by atoms with Crippen LogP contribution in [0.4, 0.5) is 4.79 Å². The zero-order chi connectivity index (χ0) is 18.1. The summed E-state index contributed by atoms with van der Waals surface area (Å²) in [6.45, 7) is 10.2. The Bertz CT molecular complexity index is 654. The number of hydrogen-bond donors (Lipinski definition) is 1. The summed E-state index contributed by atoms with van der Waals surface area (Å²) in [5, 5.41) is 8.30. The van der Waals surface area contributed by atoms with E-state index in [0.717, 1.165) is 39.3 Å². The number of carboxylic acid groups (broad SMARTS) is 1. The van der Waals surface area contributed by atoms with Crippen LogP contribution < -0.4 is 0 Å². The van der Waals surface area contributed by atoms with Gasteiger partial charge in [0.2, 0.25) is 11.6 Å². The molecule has 8 heteroatoms. The van der Waals surface area contributed by atoms with Crippen LogP contribution >= 0.6 is 0 Å². The largest absolute Gasteiger partial charge is 0.465 e. The summed E-state index contributed by atoms with van der Waals surface area (Å²) in [5.41, 5.74) is 1.89. The third-order valence-corrected chi connectivity index (χ3v) is 4.52. The van der Waals surface area contributed by atoms with Crippen LogP contribution in [0.1, 0.15) is 13.8 Å². The first-order valence-corrected chi connectivity index (χ1v) is 8.75. The number of amides is 1. The van der Waals surface area contributed by atoms with Crippen molar-refractivity contribution in [1.82, 2.24) is 19.6 Å². The van der Waals surface area contributed by atoms with Gasteiger partial charge in [-0.2, -0.15) is 0 Å². The minimum atomic E-state index is -0.838. The summed E-state index contributed by atoms with van der Waals surface area (Å²) in [7, 11) is 0. The van der Waals surface area contributed by atoms with E-state index >= 15 is 0 Å². The molecule has 3 saturated heterocycles. The summed E-state index contributed by atoms with van der Waals surface area (Å²) in [5.74, 6) is 0.0485. The summed E-state index contributed by atoms with van der Waals surface area (Å²) in [6, 6.07) is 0. The molecule has 136 valence electrons. The van der Waals surface area contributed by atoms with E-state index in [0.29, 0.717) is 30.2 Å². The number of ketones is 2. The van der Waals surface area contributed by atoms with Gasteiger partial charge in [-0.05, 0) is 13.8 Å².